The highest BCUT2D eigenvalue weighted by Crippen LogP contribution is 2.32. The number of urea groups is 1. The van der Waals surface area contributed by atoms with E-state index in [0.29, 0.717) is 10.6 Å². The minimum atomic E-state index is -0.870. The second kappa shape index (κ2) is 9.02. The van der Waals surface area contributed by atoms with Crippen LogP contribution >= 0.6 is 23.2 Å². The van der Waals surface area contributed by atoms with Crippen molar-refractivity contribution in [3.8, 4) is 5.69 Å². The quantitative estimate of drug-likeness (QED) is 0.329. The van der Waals surface area contributed by atoms with Crippen LogP contribution in [0.1, 0.15) is 43.3 Å². The van der Waals surface area contributed by atoms with Gasteiger partial charge in [-0.1, -0.05) is 56.1 Å². The Bertz CT molecular complexity index is 1400. The van der Waals surface area contributed by atoms with E-state index >= 15 is 0 Å². The highest BCUT2D eigenvalue weighted by molar-refractivity contribution is 6.42. The molecule has 4 rings (SSSR count). The lowest BCUT2D eigenvalue weighted by atomic mass is 9.87. The van der Waals surface area contributed by atoms with Crippen LogP contribution in [0.15, 0.2) is 54.1 Å². The lowest BCUT2D eigenvalue weighted by Gasteiger charge is -2.27. The first-order valence-electron chi connectivity index (χ1n) is 11.0. The number of anilines is 1. The molecule has 1 N–H and O–H groups in total. The van der Waals surface area contributed by atoms with E-state index in [1.165, 1.54) is 29.8 Å². The van der Waals surface area contributed by atoms with Crippen LogP contribution in [-0.4, -0.2) is 22.4 Å². The summed E-state index contributed by atoms with van der Waals surface area (Å²) in [7, 11) is 0. The third-order valence-corrected chi connectivity index (χ3v) is 6.55. The molecule has 0 radical (unpaired) electrons. The van der Waals surface area contributed by atoms with E-state index in [1.807, 2.05) is 19.9 Å². The normalized spacial score (nSPS) is 15.7. The second-order valence-corrected chi connectivity index (χ2v) is 10.4. The zero-order valence-electron chi connectivity index (χ0n) is 20.1. The molecule has 0 saturated carbocycles. The van der Waals surface area contributed by atoms with Gasteiger partial charge in [-0.3, -0.25) is 14.9 Å². The Morgan fingerprint density at radius 1 is 0.914 bits per heavy atom. The summed E-state index contributed by atoms with van der Waals surface area (Å²) in [5.41, 5.74) is 4.70. The molecule has 0 spiro atoms. The lowest BCUT2D eigenvalue weighted by Crippen LogP contribution is -2.54. The standard InChI is InChI=1S/C27H25Cl2N3O3/c1-15-12-17(16(2)31(15)20-9-6-18(7-10-20)27(3,4)5)13-21-24(33)30-26(35)32(25(21)34)23-11-8-19(28)14-22(23)29/h6-14H,1-5H3,(H,30,33,35)/b21-13+. The molecular weight excluding hydrogens is 485 g/mol. The number of carbonyl (C=O) groups excluding carboxylic acids is 3. The maximum Gasteiger partial charge on any atom is 0.335 e. The van der Waals surface area contributed by atoms with Crippen molar-refractivity contribution in [3.63, 3.8) is 0 Å². The Balaban J connectivity index is 1.74. The molecule has 4 amide bonds. The van der Waals surface area contributed by atoms with Crippen LogP contribution < -0.4 is 10.2 Å². The first-order chi connectivity index (χ1) is 16.4. The fourth-order valence-corrected chi connectivity index (χ4v) is 4.63. The summed E-state index contributed by atoms with van der Waals surface area (Å²) in [6.45, 7) is 10.4. The number of aryl methyl sites for hydroxylation is 1. The minimum Gasteiger partial charge on any atom is -0.318 e. The number of imide groups is 2. The molecular formula is C27H25Cl2N3O3. The average Bonchev–Trinajstić information content (AvgIpc) is 3.04. The summed E-state index contributed by atoms with van der Waals surface area (Å²) < 4.78 is 2.06. The average molecular weight is 510 g/mol. The molecule has 0 atom stereocenters. The number of halogens is 2. The number of rotatable bonds is 3. The third-order valence-electron chi connectivity index (χ3n) is 6.01. The fourth-order valence-electron chi connectivity index (χ4n) is 4.14. The van der Waals surface area contributed by atoms with Crippen LogP contribution in [0.2, 0.25) is 10.0 Å². The van der Waals surface area contributed by atoms with Crippen LogP contribution in [0, 0.1) is 13.8 Å². The van der Waals surface area contributed by atoms with Crippen molar-refractivity contribution >= 4 is 52.8 Å². The van der Waals surface area contributed by atoms with Crippen molar-refractivity contribution < 1.29 is 14.4 Å². The Labute approximate surface area is 214 Å². The van der Waals surface area contributed by atoms with Gasteiger partial charge in [-0.2, -0.15) is 0 Å². The molecule has 6 nitrogen and oxygen atoms in total. The van der Waals surface area contributed by atoms with E-state index in [0.717, 1.165) is 22.0 Å². The van der Waals surface area contributed by atoms with Crippen molar-refractivity contribution in [1.29, 1.82) is 0 Å². The monoisotopic (exact) mass is 509 g/mol. The van der Waals surface area contributed by atoms with Crippen molar-refractivity contribution in [1.82, 2.24) is 9.88 Å². The van der Waals surface area contributed by atoms with Crippen LogP contribution in [0.25, 0.3) is 11.8 Å². The summed E-state index contributed by atoms with van der Waals surface area (Å²) >= 11 is 12.2. The number of barbiturate groups is 1. The Hall–Kier alpha value is -3.35. The second-order valence-electron chi connectivity index (χ2n) is 9.51. The van der Waals surface area contributed by atoms with Gasteiger partial charge in [0.2, 0.25) is 0 Å². The number of hydrogen-bond donors (Lipinski definition) is 1. The van der Waals surface area contributed by atoms with E-state index in [9.17, 15) is 14.4 Å². The molecule has 1 saturated heterocycles. The van der Waals surface area contributed by atoms with Crippen molar-refractivity contribution in [2.45, 2.75) is 40.0 Å². The lowest BCUT2D eigenvalue weighted by molar-refractivity contribution is -0.122. The van der Waals surface area contributed by atoms with Gasteiger partial charge in [0, 0.05) is 22.1 Å². The smallest absolute Gasteiger partial charge is 0.318 e. The number of nitrogens with one attached hydrogen (secondary N) is 1. The summed E-state index contributed by atoms with van der Waals surface area (Å²) in [6.07, 6.45) is 1.50. The number of hydrogen-bond acceptors (Lipinski definition) is 3. The molecule has 1 fully saturated rings. The molecule has 2 aromatic carbocycles. The van der Waals surface area contributed by atoms with Gasteiger partial charge < -0.3 is 4.57 Å². The molecule has 1 aliphatic rings. The van der Waals surface area contributed by atoms with E-state index in [2.05, 4.69) is 54.9 Å². The number of nitrogens with zero attached hydrogens (tertiary/aromatic N) is 2. The Kier molecular flexibility index (Phi) is 6.38. The van der Waals surface area contributed by atoms with E-state index in [-0.39, 0.29) is 21.7 Å². The maximum atomic E-state index is 13.3. The van der Waals surface area contributed by atoms with Gasteiger partial charge in [-0.25, -0.2) is 9.69 Å². The highest BCUT2D eigenvalue weighted by Gasteiger charge is 2.38. The van der Waals surface area contributed by atoms with Crippen LogP contribution in [-0.2, 0) is 15.0 Å². The highest BCUT2D eigenvalue weighted by atomic mass is 35.5. The zero-order chi connectivity index (χ0) is 25.7. The van der Waals surface area contributed by atoms with Gasteiger partial charge in [0.25, 0.3) is 11.8 Å². The third kappa shape index (κ3) is 4.64. The summed E-state index contributed by atoms with van der Waals surface area (Å²) in [6, 6.07) is 13.7. The minimum absolute atomic E-state index is 0.0415. The van der Waals surface area contributed by atoms with Gasteiger partial charge in [-0.15, -0.1) is 0 Å². The molecule has 2 heterocycles. The first kappa shape index (κ1) is 24.8. The van der Waals surface area contributed by atoms with Crippen LogP contribution in [0.3, 0.4) is 0 Å². The molecule has 0 bridgehead atoms. The molecule has 1 aromatic heterocycles. The number of benzene rings is 2. The SMILES string of the molecule is Cc1cc(/C=C2\C(=O)NC(=O)N(c3ccc(Cl)cc3Cl)C2=O)c(C)n1-c1ccc(C(C)(C)C)cc1. The number of amides is 4. The fraction of sp³-hybridized carbons (Fsp3) is 0.222. The van der Waals surface area contributed by atoms with Crippen LogP contribution in [0.5, 0.6) is 0 Å². The van der Waals surface area contributed by atoms with Gasteiger partial charge in [0.15, 0.2) is 0 Å². The predicted molar refractivity (Wildman–Crippen MR) is 139 cm³/mol. The van der Waals surface area contributed by atoms with Gasteiger partial charge in [0.05, 0.1) is 10.7 Å². The van der Waals surface area contributed by atoms with Gasteiger partial charge in [-0.05, 0) is 72.9 Å². The molecule has 1 aliphatic heterocycles. The zero-order valence-corrected chi connectivity index (χ0v) is 21.6. The largest absolute Gasteiger partial charge is 0.335 e. The maximum absolute atomic E-state index is 13.3. The first-order valence-corrected chi connectivity index (χ1v) is 11.8. The molecule has 3 aromatic rings. The van der Waals surface area contributed by atoms with Gasteiger partial charge >= 0.3 is 6.03 Å². The predicted octanol–water partition coefficient (Wildman–Crippen LogP) is 6.36. The topological polar surface area (TPSA) is 71.4 Å². The number of carbonyl (C=O) groups is 3. The molecule has 180 valence electrons. The Morgan fingerprint density at radius 2 is 1.57 bits per heavy atom. The summed E-state index contributed by atoms with van der Waals surface area (Å²) in [5, 5.41) is 2.70. The summed E-state index contributed by atoms with van der Waals surface area (Å²) in [4.78, 5) is 39.3. The van der Waals surface area contributed by atoms with Crippen LogP contribution in [0.4, 0.5) is 10.5 Å². The molecule has 8 heteroatoms. The van der Waals surface area contributed by atoms with Crippen molar-refractivity contribution in [3.05, 3.63) is 86.7 Å². The van der Waals surface area contributed by atoms with Crippen molar-refractivity contribution in [2.24, 2.45) is 0 Å². The van der Waals surface area contributed by atoms with E-state index in [1.54, 1.807) is 0 Å². The van der Waals surface area contributed by atoms with E-state index < -0.39 is 17.8 Å². The Morgan fingerprint density at radius 3 is 2.17 bits per heavy atom. The van der Waals surface area contributed by atoms with Crippen molar-refractivity contribution in [2.75, 3.05) is 4.90 Å². The van der Waals surface area contributed by atoms with Gasteiger partial charge in [0.1, 0.15) is 5.57 Å². The molecule has 0 aliphatic carbocycles. The van der Waals surface area contributed by atoms with E-state index in [4.69, 9.17) is 23.2 Å². The number of aromatic nitrogens is 1. The summed E-state index contributed by atoms with van der Waals surface area (Å²) in [5.74, 6) is -1.53. The molecule has 0 unspecified atom stereocenters. The molecule has 35 heavy (non-hydrogen) atoms.